The van der Waals surface area contributed by atoms with Crippen molar-refractivity contribution < 1.29 is 19.1 Å². The first-order valence-corrected chi connectivity index (χ1v) is 6.33. The summed E-state index contributed by atoms with van der Waals surface area (Å²) in [7, 11) is 0. The summed E-state index contributed by atoms with van der Waals surface area (Å²) in [5.74, 6) is -1.17. The van der Waals surface area contributed by atoms with Gasteiger partial charge in [-0.3, -0.25) is 9.59 Å². The van der Waals surface area contributed by atoms with Gasteiger partial charge < -0.3 is 10.1 Å². The van der Waals surface area contributed by atoms with Gasteiger partial charge in [-0.15, -0.1) is 0 Å². The molecular formula is C13H23NO4. The molecular weight excluding hydrogens is 234 g/mol. The number of rotatable bonds is 8. The zero-order valence-electron chi connectivity index (χ0n) is 11.6. The summed E-state index contributed by atoms with van der Waals surface area (Å²) < 4.78 is 5.07. The molecule has 18 heavy (non-hydrogen) atoms. The fraction of sp³-hybridized carbons (Fsp3) is 0.769. The minimum Gasteiger partial charge on any atom is -0.464 e. The van der Waals surface area contributed by atoms with Gasteiger partial charge in [-0.05, 0) is 19.3 Å². The summed E-state index contributed by atoms with van der Waals surface area (Å²) in [5, 5.41) is 2.54. The van der Waals surface area contributed by atoms with E-state index in [1.807, 2.05) is 20.8 Å². The molecule has 0 fully saturated rings. The second-order valence-corrected chi connectivity index (χ2v) is 4.69. The molecule has 5 heteroatoms. The number of hydrogen-bond acceptors (Lipinski definition) is 4. The number of nitrogens with one attached hydrogen (secondary N) is 1. The molecule has 0 saturated carbocycles. The first kappa shape index (κ1) is 16.6. The first-order valence-electron chi connectivity index (χ1n) is 6.33. The van der Waals surface area contributed by atoms with E-state index in [9.17, 15) is 14.4 Å². The van der Waals surface area contributed by atoms with Crippen molar-refractivity contribution in [3.63, 3.8) is 0 Å². The van der Waals surface area contributed by atoms with E-state index in [2.05, 4.69) is 5.32 Å². The number of Topliss-reactive ketones (excluding diaryl/α,β-unsaturated/α-hetero) is 1. The van der Waals surface area contributed by atoms with Crippen LogP contribution in [0.3, 0.4) is 0 Å². The molecule has 0 rings (SSSR count). The summed E-state index contributed by atoms with van der Waals surface area (Å²) >= 11 is 0. The lowest BCUT2D eigenvalue weighted by atomic mass is 10.0. The largest absolute Gasteiger partial charge is 0.464 e. The van der Waals surface area contributed by atoms with Gasteiger partial charge in [0.05, 0.1) is 13.0 Å². The van der Waals surface area contributed by atoms with E-state index in [-0.39, 0.29) is 18.1 Å². The molecule has 104 valence electrons. The van der Waals surface area contributed by atoms with Crippen molar-refractivity contribution in [2.75, 3.05) is 6.61 Å². The van der Waals surface area contributed by atoms with Gasteiger partial charge in [0.2, 0.25) is 5.91 Å². The van der Waals surface area contributed by atoms with E-state index >= 15 is 0 Å². The topological polar surface area (TPSA) is 72.5 Å². The highest BCUT2D eigenvalue weighted by molar-refractivity contribution is 5.98. The fourth-order valence-electron chi connectivity index (χ4n) is 1.36. The lowest BCUT2D eigenvalue weighted by Crippen LogP contribution is -2.45. The van der Waals surface area contributed by atoms with E-state index in [0.29, 0.717) is 6.61 Å². The molecule has 0 aromatic rings. The van der Waals surface area contributed by atoms with Crippen molar-refractivity contribution >= 4 is 17.7 Å². The standard InChI is InChI=1S/C13H23NO4/c1-5-6-7-18-13(17)12(9(2)3)14-11(16)8-10(4)15/h9,12H,5-8H2,1-4H3,(H,14,16). The van der Waals surface area contributed by atoms with Crippen molar-refractivity contribution in [2.45, 2.75) is 53.0 Å². The summed E-state index contributed by atoms with van der Waals surface area (Å²) in [4.78, 5) is 34.0. The van der Waals surface area contributed by atoms with Crippen LogP contribution in [0.15, 0.2) is 0 Å². The number of esters is 1. The van der Waals surface area contributed by atoms with Crippen LogP contribution in [0.25, 0.3) is 0 Å². The SMILES string of the molecule is CCCCOC(=O)C(NC(=O)CC(C)=O)C(C)C. The van der Waals surface area contributed by atoms with Gasteiger partial charge in [0.1, 0.15) is 11.8 Å². The van der Waals surface area contributed by atoms with E-state index < -0.39 is 17.9 Å². The Labute approximate surface area is 108 Å². The third-order valence-electron chi connectivity index (χ3n) is 2.39. The second kappa shape index (κ2) is 8.66. The maximum atomic E-state index is 11.8. The van der Waals surface area contributed by atoms with Crippen LogP contribution >= 0.6 is 0 Å². The van der Waals surface area contributed by atoms with Crippen molar-refractivity contribution in [2.24, 2.45) is 5.92 Å². The predicted octanol–water partition coefficient (Wildman–Crippen LogP) is 1.45. The van der Waals surface area contributed by atoms with Gasteiger partial charge in [0, 0.05) is 0 Å². The highest BCUT2D eigenvalue weighted by atomic mass is 16.5. The fourth-order valence-corrected chi connectivity index (χ4v) is 1.36. The van der Waals surface area contributed by atoms with Crippen LogP contribution in [-0.2, 0) is 19.1 Å². The van der Waals surface area contributed by atoms with Crippen molar-refractivity contribution in [3.8, 4) is 0 Å². The second-order valence-electron chi connectivity index (χ2n) is 4.69. The molecule has 0 bridgehead atoms. The van der Waals surface area contributed by atoms with E-state index in [1.165, 1.54) is 6.92 Å². The average molecular weight is 257 g/mol. The predicted molar refractivity (Wildman–Crippen MR) is 67.9 cm³/mol. The van der Waals surface area contributed by atoms with Crippen molar-refractivity contribution in [1.82, 2.24) is 5.32 Å². The summed E-state index contributed by atoms with van der Waals surface area (Å²) in [5.41, 5.74) is 0. The highest BCUT2D eigenvalue weighted by Gasteiger charge is 2.25. The molecule has 0 saturated heterocycles. The Morgan fingerprint density at radius 1 is 1.22 bits per heavy atom. The molecule has 1 amide bonds. The van der Waals surface area contributed by atoms with Gasteiger partial charge in [-0.2, -0.15) is 0 Å². The average Bonchev–Trinajstić information content (AvgIpc) is 2.24. The van der Waals surface area contributed by atoms with Gasteiger partial charge in [0.15, 0.2) is 0 Å². The molecule has 1 unspecified atom stereocenters. The van der Waals surface area contributed by atoms with Crippen LogP contribution < -0.4 is 5.32 Å². The van der Waals surface area contributed by atoms with Crippen LogP contribution in [0.2, 0.25) is 0 Å². The zero-order valence-corrected chi connectivity index (χ0v) is 11.6. The Balaban J connectivity index is 4.33. The number of ether oxygens (including phenoxy) is 1. The molecule has 0 radical (unpaired) electrons. The molecule has 1 N–H and O–H groups in total. The third kappa shape index (κ3) is 7.04. The Hall–Kier alpha value is -1.39. The monoisotopic (exact) mass is 257 g/mol. The summed E-state index contributed by atoms with van der Waals surface area (Å²) in [6, 6.07) is -0.686. The maximum Gasteiger partial charge on any atom is 0.328 e. The summed E-state index contributed by atoms with van der Waals surface area (Å²) in [6.07, 6.45) is 1.54. The molecule has 0 heterocycles. The van der Waals surface area contributed by atoms with Gasteiger partial charge in [-0.1, -0.05) is 27.2 Å². The molecule has 5 nitrogen and oxygen atoms in total. The quantitative estimate of drug-likeness (QED) is 0.406. The molecule has 0 aliphatic heterocycles. The number of carbonyl (C=O) groups is 3. The number of carbonyl (C=O) groups excluding carboxylic acids is 3. The Bertz CT molecular complexity index is 299. The van der Waals surface area contributed by atoms with Crippen molar-refractivity contribution in [3.05, 3.63) is 0 Å². The van der Waals surface area contributed by atoms with Crippen LogP contribution in [0, 0.1) is 5.92 Å². The lowest BCUT2D eigenvalue weighted by molar-refractivity contribution is -0.149. The van der Waals surface area contributed by atoms with E-state index in [0.717, 1.165) is 12.8 Å². The zero-order chi connectivity index (χ0) is 14.1. The van der Waals surface area contributed by atoms with Gasteiger partial charge >= 0.3 is 5.97 Å². The lowest BCUT2D eigenvalue weighted by Gasteiger charge is -2.20. The Morgan fingerprint density at radius 2 is 1.83 bits per heavy atom. The normalized spacial score (nSPS) is 12.1. The van der Waals surface area contributed by atoms with Crippen LogP contribution in [0.4, 0.5) is 0 Å². The van der Waals surface area contributed by atoms with Crippen LogP contribution in [0.5, 0.6) is 0 Å². The van der Waals surface area contributed by atoms with Crippen LogP contribution in [-0.4, -0.2) is 30.3 Å². The van der Waals surface area contributed by atoms with Gasteiger partial charge in [0.25, 0.3) is 0 Å². The number of hydrogen-bond donors (Lipinski definition) is 1. The molecule has 0 aliphatic carbocycles. The molecule has 0 aromatic heterocycles. The molecule has 0 aliphatic rings. The number of unbranched alkanes of at least 4 members (excludes halogenated alkanes) is 1. The van der Waals surface area contributed by atoms with E-state index in [1.54, 1.807) is 0 Å². The Kier molecular flexibility index (Phi) is 8.00. The third-order valence-corrected chi connectivity index (χ3v) is 2.39. The van der Waals surface area contributed by atoms with Crippen molar-refractivity contribution in [1.29, 1.82) is 0 Å². The molecule has 0 spiro atoms. The highest BCUT2D eigenvalue weighted by Crippen LogP contribution is 2.05. The number of ketones is 1. The number of amides is 1. The van der Waals surface area contributed by atoms with E-state index in [4.69, 9.17) is 4.74 Å². The minimum atomic E-state index is -0.686. The first-order chi connectivity index (χ1) is 8.38. The van der Waals surface area contributed by atoms with Gasteiger partial charge in [-0.25, -0.2) is 4.79 Å². The Morgan fingerprint density at radius 3 is 2.28 bits per heavy atom. The minimum absolute atomic E-state index is 0.0740. The molecule has 0 aromatic carbocycles. The summed E-state index contributed by atoms with van der Waals surface area (Å²) in [6.45, 7) is 7.34. The maximum absolute atomic E-state index is 11.8. The van der Waals surface area contributed by atoms with Crippen LogP contribution in [0.1, 0.15) is 47.0 Å². The molecule has 1 atom stereocenters. The smallest absolute Gasteiger partial charge is 0.328 e.